The van der Waals surface area contributed by atoms with Gasteiger partial charge in [-0.2, -0.15) is 13.5 Å². The second kappa shape index (κ2) is 8.33. The minimum absolute atomic E-state index is 0.282. The number of nitrogens with one attached hydrogen (secondary N) is 2. The molecule has 0 radical (unpaired) electrons. The first-order chi connectivity index (χ1) is 13.6. The topological polar surface area (TPSA) is 99.6 Å². The second-order valence-electron chi connectivity index (χ2n) is 7.50. The number of rotatable bonds is 5. The molecule has 1 aliphatic heterocycles. The lowest BCUT2D eigenvalue weighted by atomic mass is 10.1. The van der Waals surface area contributed by atoms with Gasteiger partial charge in [-0.15, -0.1) is 11.3 Å². The summed E-state index contributed by atoms with van der Waals surface area (Å²) in [5, 5.41) is 6.81. The predicted molar refractivity (Wildman–Crippen MR) is 116 cm³/mol. The number of aryl methyl sites for hydroxylation is 3. The fourth-order valence-electron chi connectivity index (χ4n) is 3.68. The highest BCUT2D eigenvalue weighted by Gasteiger charge is 2.35. The number of likely N-dealkylation sites (tertiary alicyclic amines) is 1. The lowest BCUT2D eigenvalue weighted by Crippen LogP contribution is -2.54. The quantitative estimate of drug-likeness (QED) is 0.744. The molecule has 0 aromatic carbocycles. The van der Waals surface area contributed by atoms with E-state index in [4.69, 9.17) is 0 Å². The molecular formula is C18H28N6O3S2. The first-order valence-electron chi connectivity index (χ1n) is 9.45. The molecule has 2 aromatic heterocycles. The highest BCUT2D eigenvalue weighted by molar-refractivity contribution is 7.91. The van der Waals surface area contributed by atoms with Gasteiger partial charge in [0.15, 0.2) is 0 Å². The van der Waals surface area contributed by atoms with E-state index in [1.54, 1.807) is 29.3 Å². The van der Waals surface area contributed by atoms with Crippen LogP contribution in [0.2, 0.25) is 0 Å². The first-order valence-corrected chi connectivity index (χ1v) is 11.7. The van der Waals surface area contributed by atoms with E-state index in [1.165, 1.54) is 10.5 Å². The van der Waals surface area contributed by atoms with Crippen molar-refractivity contribution < 1.29 is 13.2 Å². The standard InChI is InChI=1S/C18H28N6O3S2/c1-12-13(2)28-14(3)17(12)20-18(25)21-29(26,27)24(16-9-19-23(5)11-16)15-7-6-8-22(4)10-15/h9,11,15H,6-8,10H2,1-5H3,(H2,20,21,25). The monoisotopic (exact) mass is 440 g/mol. The van der Waals surface area contributed by atoms with E-state index in [9.17, 15) is 13.2 Å². The maximum absolute atomic E-state index is 13.2. The number of amides is 2. The first kappa shape index (κ1) is 21.6. The van der Waals surface area contributed by atoms with Crippen LogP contribution in [0.15, 0.2) is 12.4 Å². The molecule has 2 aromatic rings. The summed E-state index contributed by atoms with van der Waals surface area (Å²) in [5.74, 6) is 0. The molecule has 0 saturated carbocycles. The number of nitrogens with zero attached hydrogens (tertiary/aromatic N) is 4. The Balaban J connectivity index is 1.85. The highest BCUT2D eigenvalue weighted by atomic mass is 32.2. The molecule has 1 saturated heterocycles. The van der Waals surface area contributed by atoms with Gasteiger partial charge in [0.25, 0.3) is 0 Å². The maximum atomic E-state index is 13.2. The Bertz CT molecular complexity index is 997. The van der Waals surface area contributed by atoms with Gasteiger partial charge in [-0.1, -0.05) is 0 Å². The van der Waals surface area contributed by atoms with Gasteiger partial charge in [-0.25, -0.2) is 13.8 Å². The van der Waals surface area contributed by atoms with Crippen molar-refractivity contribution in [3.05, 3.63) is 27.7 Å². The van der Waals surface area contributed by atoms with Crippen molar-refractivity contribution in [2.45, 2.75) is 39.7 Å². The number of aromatic nitrogens is 2. The number of urea groups is 1. The molecule has 0 bridgehead atoms. The number of hydrogen-bond acceptors (Lipinski definition) is 6. The summed E-state index contributed by atoms with van der Waals surface area (Å²) < 4.78 is 31.5. The van der Waals surface area contributed by atoms with E-state index < -0.39 is 16.2 Å². The van der Waals surface area contributed by atoms with Crippen LogP contribution in [0.5, 0.6) is 0 Å². The minimum atomic E-state index is -4.13. The summed E-state index contributed by atoms with van der Waals surface area (Å²) in [6.45, 7) is 7.27. The van der Waals surface area contributed by atoms with E-state index in [0.29, 0.717) is 24.3 Å². The van der Waals surface area contributed by atoms with Gasteiger partial charge in [0.1, 0.15) is 0 Å². The van der Waals surface area contributed by atoms with E-state index in [1.807, 2.05) is 27.8 Å². The number of likely N-dealkylation sites (N-methyl/N-ethyl adjacent to an activating group) is 1. The van der Waals surface area contributed by atoms with E-state index >= 15 is 0 Å². The van der Waals surface area contributed by atoms with E-state index in [0.717, 1.165) is 28.3 Å². The van der Waals surface area contributed by atoms with Crippen LogP contribution in [0.1, 0.15) is 28.2 Å². The molecule has 1 aliphatic rings. The average molecular weight is 441 g/mol. The van der Waals surface area contributed by atoms with Crippen molar-refractivity contribution in [3.8, 4) is 0 Å². The van der Waals surface area contributed by atoms with Crippen molar-refractivity contribution in [2.24, 2.45) is 7.05 Å². The Labute approximate surface area is 175 Å². The number of thiophene rings is 1. The number of hydrogen-bond donors (Lipinski definition) is 2. The normalized spacial score (nSPS) is 17.9. The van der Waals surface area contributed by atoms with Crippen LogP contribution in [0.4, 0.5) is 16.2 Å². The van der Waals surface area contributed by atoms with Crippen LogP contribution in [0, 0.1) is 20.8 Å². The number of anilines is 2. The summed E-state index contributed by atoms with van der Waals surface area (Å²) in [5.41, 5.74) is 2.04. The van der Waals surface area contributed by atoms with Crippen molar-refractivity contribution in [1.82, 2.24) is 19.4 Å². The summed E-state index contributed by atoms with van der Waals surface area (Å²) in [6, 6.07) is -1.05. The molecule has 1 atom stereocenters. The van der Waals surface area contributed by atoms with Crippen LogP contribution < -0.4 is 14.3 Å². The minimum Gasteiger partial charge on any atom is -0.306 e. The molecule has 2 N–H and O–H groups in total. The van der Waals surface area contributed by atoms with Gasteiger partial charge in [0, 0.05) is 29.5 Å². The van der Waals surface area contributed by atoms with Crippen LogP contribution in [0.25, 0.3) is 0 Å². The van der Waals surface area contributed by atoms with Gasteiger partial charge >= 0.3 is 16.2 Å². The second-order valence-corrected chi connectivity index (χ2v) is 10.5. The number of carbonyl (C=O) groups is 1. The molecule has 11 heteroatoms. The Morgan fingerprint density at radius 3 is 2.55 bits per heavy atom. The lowest BCUT2D eigenvalue weighted by molar-refractivity contribution is 0.251. The predicted octanol–water partition coefficient (Wildman–Crippen LogP) is 2.37. The van der Waals surface area contributed by atoms with Gasteiger partial charge in [0.2, 0.25) is 0 Å². The fraction of sp³-hybridized carbons (Fsp3) is 0.556. The Morgan fingerprint density at radius 2 is 2.00 bits per heavy atom. The largest absolute Gasteiger partial charge is 0.334 e. The Hall–Kier alpha value is -2.11. The van der Waals surface area contributed by atoms with Crippen molar-refractivity contribution in [3.63, 3.8) is 0 Å². The molecule has 160 valence electrons. The Kier molecular flexibility index (Phi) is 6.20. The maximum Gasteiger partial charge on any atom is 0.334 e. The van der Waals surface area contributed by atoms with Crippen LogP contribution >= 0.6 is 11.3 Å². The summed E-state index contributed by atoms with van der Waals surface area (Å²) in [4.78, 5) is 16.7. The third kappa shape index (κ3) is 4.73. The van der Waals surface area contributed by atoms with Gasteiger partial charge in [-0.3, -0.25) is 4.68 Å². The Morgan fingerprint density at radius 1 is 1.28 bits per heavy atom. The van der Waals surface area contributed by atoms with Crippen molar-refractivity contribution in [1.29, 1.82) is 0 Å². The zero-order valence-corrected chi connectivity index (χ0v) is 19.0. The van der Waals surface area contributed by atoms with Gasteiger partial charge in [0.05, 0.1) is 23.6 Å². The van der Waals surface area contributed by atoms with Crippen LogP contribution in [0.3, 0.4) is 0 Å². The highest BCUT2D eigenvalue weighted by Crippen LogP contribution is 2.31. The molecule has 1 fully saturated rings. The van der Waals surface area contributed by atoms with Crippen molar-refractivity contribution >= 4 is 39.0 Å². The third-order valence-corrected chi connectivity index (χ3v) is 7.75. The molecule has 29 heavy (non-hydrogen) atoms. The van der Waals surface area contributed by atoms with E-state index in [2.05, 4.69) is 20.0 Å². The fourth-order valence-corrected chi connectivity index (χ4v) is 6.02. The molecule has 0 aliphatic carbocycles. The molecule has 1 unspecified atom stereocenters. The molecule has 2 amide bonds. The average Bonchev–Trinajstić information content (AvgIpc) is 3.13. The lowest BCUT2D eigenvalue weighted by Gasteiger charge is -2.37. The van der Waals surface area contributed by atoms with E-state index in [-0.39, 0.29) is 6.04 Å². The molecule has 3 heterocycles. The molecule has 9 nitrogen and oxygen atoms in total. The van der Waals surface area contributed by atoms with Gasteiger partial charge < -0.3 is 10.2 Å². The number of carbonyl (C=O) groups excluding carboxylic acids is 1. The van der Waals surface area contributed by atoms with Crippen molar-refractivity contribution in [2.75, 3.05) is 29.8 Å². The van der Waals surface area contributed by atoms with Crippen LogP contribution in [-0.2, 0) is 17.3 Å². The summed E-state index contributed by atoms with van der Waals surface area (Å²) in [7, 11) is -0.438. The summed E-state index contributed by atoms with van der Waals surface area (Å²) >= 11 is 1.57. The smallest absolute Gasteiger partial charge is 0.306 e. The summed E-state index contributed by atoms with van der Waals surface area (Å²) in [6.07, 6.45) is 4.74. The molecule has 0 spiro atoms. The number of piperidine rings is 1. The van der Waals surface area contributed by atoms with Gasteiger partial charge in [-0.05, 0) is 52.8 Å². The molecule has 3 rings (SSSR count). The molecular weight excluding hydrogens is 412 g/mol. The zero-order valence-electron chi connectivity index (χ0n) is 17.4. The zero-order chi connectivity index (χ0) is 21.3. The van der Waals surface area contributed by atoms with Crippen LogP contribution in [-0.4, -0.2) is 55.3 Å². The SMILES string of the molecule is Cc1sc(C)c(NC(=O)NS(=O)(=O)N(c2cnn(C)c2)C2CCCN(C)C2)c1C. The third-order valence-electron chi connectivity index (χ3n) is 5.16.